The van der Waals surface area contributed by atoms with Crippen molar-refractivity contribution in [1.82, 2.24) is 0 Å². The Morgan fingerprint density at radius 1 is 1.28 bits per heavy atom. The molecule has 1 aromatic carbocycles. The summed E-state index contributed by atoms with van der Waals surface area (Å²) in [7, 11) is 1.54. The second-order valence-electron chi connectivity index (χ2n) is 5.21. The summed E-state index contributed by atoms with van der Waals surface area (Å²) in [6.45, 7) is 5.95. The molecule has 2 rings (SSSR count). The van der Waals surface area contributed by atoms with Crippen LogP contribution in [-0.4, -0.2) is 25.6 Å². The number of esters is 1. The number of amides is 1. The lowest BCUT2D eigenvalue weighted by atomic mass is 10.1. The Morgan fingerprint density at radius 2 is 2.00 bits per heavy atom. The zero-order chi connectivity index (χ0) is 18.6. The van der Waals surface area contributed by atoms with Crippen LogP contribution in [0, 0.1) is 6.92 Å². The first kappa shape index (κ1) is 19.5. The van der Waals surface area contributed by atoms with Crippen molar-refractivity contribution in [3.8, 4) is 5.75 Å². The lowest BCUT2D eigenvalue weighted by Crippen LogP contribution is -2.15. The van der Waals surface area contributed by atoms with Crippen LogP contribution in [0.25, 0.3) is 0 Å². The molecule has 0 aliphatic carbocycles. The van der Waals surface area contributed by atoms with Crippen molar-refractivity contribution in [1.29, 1.82) is 0 Å². The summed E-state index contributed by atoms with van der Waals surface area (Å²) in [6, 6.07) is 5.15. The molecule has 0 spiro atoms. The van der Waals surface area contributed by atoms with Crippen LogP contribution in [0.2, 0.25) is 0 Å². The molecule has 25 heavy (non-hydrogen) atoms. The van der Waals surface area contributed by atoms with E-state index in [4.69, 9.17) is 9.47 Å². The number of rotatable bonds is 6. The van der Waals surface area contributed by atoms with Crippen molar-refractivity contribution in [3.63, 3.8) is 0 Å². The highest BCUT2D eigenvalue weighted by Crippen LogP contribution is 2.35. The molecule has 1 N–H and O–H groups in total. The predicted octanol–water partition coefficient (Wildman–Crippen LogP) is 4.82. The molecule has 0 bridgehead atoms. The molecule has 2 aromatic rings. The van der Waals surface area contributed by atoms with E-state index in [1.165, 1.54) is 11.3 Å². The van der Waals surface area contributed by atoms with Gasteiger partial charge in [0.2, 0.25) is 0 Å². The minimum atomic E-state index is -0.413. The number of hydrogen-bond donors (Lipinski definition) is 1. The van der Waals surface area contributed by atoms with Gasteiger partial charge in [0, 0.05) is 9.35 Å². The molecule has 0 aliphatic rings. The zero-order valence-corrected chi connectivity index (χ0v) is 17.0. The van der Waals surface area contributed by atoms with Crippen LogP contribution in [0.15, 0.2) is 22.7 Å². The van der Waals surface area contributed by atoms with Gasteiger partial charge >= 0.3 is 5.97 Å². The summed E-state index contributed by atoms with van der Waals surface area (Å²) in [4.78, 5) is 26.0. The lowest BCUT2D eigenvalue weighted by molar-refractivity contribution is 0.0527. The summed E-state index contributed by atoms with van der Waals surface area (Å²) in [5, 5.41) is 3.35. The summed E-state index contributed by atoms with van der Waals surface area (Å²) in [5.74, 6) is -0.153. The van der Waals surface area contributed by atoms with Crippen LogP contribution in [0.1, 0.15) is 45.0 Å². The topological polar surface area (TPSA) is 64.6 Å². The molecule has 0 unspecified atom stereocenters. The number of methoxy groups -OCH3 is 1. The van der Waals surface area contributed by atoms with Gasteiger partial charge in [-0.2, -0.15) is 0 Å². The lowest BCUT2D eigenvalue weighted by Gasteiger charge is -2.10. The van der Waals surface area contributed by atoms with E-state index in [1.54, 1.807) is 32.2 Å². The molecule has 0 atom stereocenters. The first-order chi connectivity index (χ1) is 11.9. The number of nitrogens with one attached hydrogen (secondary N) is 1. The highest BCUT2D eigenvalue weighted by atomic mass is 79.9. The molecule has 0 saturated carbocycles. The molecule has 1 amide bonds. The van der Waals surface area contributed by atoms with E-state index in [0.29, 0.717) is 32.8 Å². The highest BCUT2D eigenvalue weighted by Gasteiger charge is 2.24. The molecular weight excluding hydrogens is 406 g/mol. The Balaban J connectivity index is 2.40. The Hall–Kier alpha value is -1.86. The van der Waals surface area contributed by atoms with Crippen LogP contribution in [0.4, 0.5) is 5.00 Å². The summed E-state index contributed by atoms with van der Waals surface area (Å²) >= 11 is 4.75. The summed E-state index contributed by atoms with van der Waals surface area (Å²) < 4.78 is 11.0. The maximum Gasteiger partial charge on any atom is 0.341 e. The first-order valence-corrected chi connectivity index (χ1v) is 9.48. The molecule has 1 aromatic heterocycles. The van der Waals surface area contributed by atoms with Crippen LogP contribution >= 0.6 is 27.3 Å². The Kier molecular flexibility index (Phi) is 6.61. The van der Waals surface area contributed by atoms with Crippen LogP contribution < -0.4 is 10.1 Å². The third-order valence-electron chi connectivity index (χ3n) is 3.69. The first-order valence-electron chi connectivity index (χ1n) is 7.87. The second-order valence-corrected chi connectivity index (χ2v) is 7.29. The van der Waals surface area contributed by atoms with E-state index >= 15 is 0 Å². The van der Waals surface area contributed by atoms with Crippen molar-refractivity contribution >= 4 is 44.1 Å². The molecule has 0 fully saturated rings. The molecule has 7 heteroatoms. The number of ether oxygens (including phenoxy) is 2. The number of carbonyl (C=O) groups is 2. The van der Waals surface area contributed by atoms with Gasteiger partial charge in [-0.25, -0.2) is 4.79 Å². The largest absolute Gasteiger partial charge is 0.497 e. The number of thiophene rings is 1. The minimum absolute atomic E-state index is 0.283. The van der Waals surface area contributed by atoms with Gasteiger partial charge in [-0.15, -0.1) is 11.3 Å². The van der Waals surface area contributed by atoms with Crippen molar-refractivity contribution in [2.75, 3.05) is 19.0 Å². The number of carbonyl (C=O) groups excluding carboxylic acids is 2. The zero-order valence-electron chi connectivity index (χ0n) is 14.6. The second kappa shape index (κ2) is 8.49. The van der Waals surface area contributed by atoms with Crippen molar-refractivity contribution < 1.29 is 19.1 Å². The molecule has 0 saturated heterocycles. The highest BCUT2D eigenvalue weighted by molar-refractivity contribution is 9.10. The quantitative estimate of drug-likeness (QED) is 0.673. The van der Waals surface area contributed by atoms with Crippen molar-refractivity contribution in [2.24, 2.45) is 0 Å². The molecular formula is C18H20BrNO4S. The smallest absolute Gasteiger partial charge is 0.341 e. The molecule has 5 nitrogen and oxygen atoms in total. The Bertz CT molecular complexity index is 801. The average Bonchev–Trinajstić information content (AvgIpc) is 2.90. The predicted molar refractivity (Wildman–Crippen MR) is 103 cm³/mol. The Morgan fingerprint density at radius 3 is 2.60 bits per heavy atom. The average molecular weight is 426 g/mol. The van der Waals surface area contributed by atoms with Gasteiger partial charge in [0.05, 0.1) is 24.8 Å². The van der Waals surface area contributed by atoms with Gasteiger partial charge < -0.3 is 14.8 Å². The SMILES string of the molecule is CCOC(=O)c1c(NC(=O)c2cc(OC)ccc2Br)sc(C)c1CC. The van der Waals surface area contributed by atoms with E-state index in [1.807, 2.05) is 13.8 Å². The fourth-order valence-electron chi connectivity index (χ4n) is 2.49. The van der Waals surface area contributed by atoms with Gasteiger partial charge in [0.25, 0.3) is 5.91 Å². The maximum atomic E-state index is 12.7. The van der Waals surface area contributed by atoms with E-state index in [9.17, 15) is 9.59 Å². The number of aryl methyl sites for hydroxylation is 1. The van der Waals surface area contributed by atoms with Crippen LogP contribution in [0.5, 0.6) is 5.75 Å². The number of halogens is 1. The molecule has 134 valence electrons. The standard InChI is InChI=1S/C18H20BrNO4S/c1-5-12-10(3)25-17(15(12)18(22)24-6-2)20-16(21)13-9-11(23-4)7-8-14(13)19/h7-9H,5-6H2,1-4H3,(H,20,21). The van der Waals surface area contributed by atoms with Gasteiger partial charge in [-0.1, -0.05) is 6.92 Å². The van der Waals surface area contributed by atoms with E-state index < -0.39 is 5.97 Å². The van der Waals surface area contributed by atoms with Gasteiger partial charge in [-0.05, 0) is 60.0 Å². The fraction of sp³-hybridized carbons (Fsp3) is 0.333. The van der Waals surface area contributed by atoms with Crippen LogP contribution in [-0.2, 0) is 11.2 Å². The van der Waals surface area contributed by atoms with Gasteiger partial charge in [0.1, 0.15) is 10.8 Å². The van der Waals surface area contributed by atoms with E-state index in [0.717, 1.165) is 10.4 Å². The van der Waals surface area contributed by atoms with Crippen LogP contribution in [0.3, 0.4) is 0 Å². The van der Waals surface area contributed by atoms with E-state index in [-0.39, 0.29) is 12.5 Å². The minimum Gasteiger partial charge on any atom is -0.497 e. The third kappa shape index (κ3) is 4.22. The normalized spacial score (nSPS) is 10.4. The maximum absolute atomic E-state index is 12.7. The van der Waals surface area contributed by atoms with Gasteiger partial charge in [0.15, 0.2) is 0 Å². The third-order valence-corrected chi connectivity index (χ3v) is 5.44. The van der Waals surface area contributed by atoms with E-state index in [2.05, 4.69) is 21.2 Å². The summed E-state index contributed by atoms with van der Waals surface area (Å²) in [6.07, 6.45) is 0.690. The number of anilines is 1. The fourth-order valence-corrected chi connectivity index (χ4v) is 4.04. The van der Waals surface area contributed by atoms with Gasteiger partial charge in [-0.3, -0.25) is 4.79 Å². The van der Waals surface area contributed by atoms with Crippen molar-refractivity contribution in [2.45, 2.75) is 27.2 Å². The summed E-state index contributed by atoms with van der Waals surface area (Å²) in [5.41, 5.74) is 1.78. The number of benzene rings is 1. The molecule has 0 aliphatic heterocycles. The molecule has 0 radical (unpaired) electrons. The monoisotopic (exact) mass is 425 g/mol. The number of hydrogen-bond acceptors (Lipinski definition) is 5. The molecule has 1 heterocycles. The Labute approximate surface area is 159 Å². The van der Waals surface area contributed by atoms with Crippen molar-refractivity contribution in [3.05, 3.63) is 44.2 Å².